The maximum atomic E-state index is 11.9. The second-order valence-electron chi connectivity index (χ2n) is 9.41. The number of aliphatic hydroxyl groups is 1. The van der Waals surface area contributed by atoms with E-state index in [0.29, 0.717) is 13.2 Å². The maximum absolute atomic E-state index is 11.9. The van der Waals surface area contributed by atoms with E-state index in [1.54, 1.807) is 0 Å². The van der Waals surface area contributed by atoms with Crippen LogP contribution in [0.3, 0.4) is 0 Å². The molecule has 1 N–H and O–H groups in total. The molecule has 182 valence electrons. The van der Waals surface area contributed by atoms with Gasteiger partial charge in [0, 0.05) is 0 Å². The van der Waals surface area contributed by atoms with Gasteiger partial charge in [-0.1, -0.05) is 58.0 Å². The highest BCUT2D eigenvalue weighted by atomic mass is 35.5. The number of benzene rings is 1. The average molecular weight is 505 g/mol. The number of thioether (sulfide) groups is 1. The molecule has 5 unspecified atom stereocenters. The zero-order valence-corrected chi connectivity index (χ0v) is 22.4. The molecule has 2 rings (SSSR count). The molecular formula is C23H37ClO6SSi. The summed E-state index contributed by atoms with van der Waals surface area (Å²) in [6, 6.07) is 9.72. The molecular weight excluding hydrogens is 468 g/mol. The van der Waals surface area contributed by atoms with Gasteiger partial charge in [-0.25, -0.2) is 0 Å². The van der Waals surface area contributed by atoms with Gasteiger partial charge >= 0.3 is 5.97 Å². The topological polar surface area (TPSA) is 74.2 Å². The van der Waals surface area contributed by atoms with Gasteiger partial charge in [0.2, 0.25) is 0 Å². The van der Waals surface area contributed by atoms with Gasteiger partial charge in [0.05, 0.1) is 13.2 Å². The van der Waals surface area contributed by atoms with Crippen molar-refractivity contribution >= 4 is 37.6 Å². The van der Waals surface area contributed by atoms with Crippen LogP contribution in [0, 0.1) is 0 Å². The van der Waals surface area contributed by atoms with E-state index in [0.717, 1.165) is 11.3 Å². The number of carbonyl (C=O) groups excluding carboxylic acids is 1. The predicted octanol–water partition coefficient (Wildman–Crippen LogP) is 4.58. The van der Waals surface area contributed by atoms with Crippen LogP contribution in [0.4, 0.5) is 0 Å². The number of ether oxygens (including phenoxy) is 3. The van der Waals surface area contributed by atoms with Gasteiger partial charge in [0.25, 0.3) is 0 Å². The molecule has 9 heteroatoms. The monoisotopic (exact) mass is 504 g/mol. The molecule has 0 aromatic heterocycles. The summed E-state index contributed by atoms with van der Waals surface area (Å²) in [5, 5.41) is 11.3. The van der Waals surface area contributed by atoms with Crippen LogP contribution in [0.25, 0.3) is 0 Å². The largest absolute Gasteiger partial charge is 0.455 e. The van der Waals surface area contributed by atoms with Crippen molar-refractivity contribution in [2.75, 3.05) is 18.2 Å². The summed E-state index contributed by atoms with van der Waals surface area (Å²) in [5.41, 5.74) is 0.440. The first-order valence-electron chi connectivity index (χ1n) is 11.0. The fraction of sp³-hybridized carbons (Fsp3) is 0.696. The molecule has 0 amide bonds. The molecule has 6 nitrogen and oxygen atoms in total. The number of aliphatic hydroxyl groups excluding tert-OH is 1. The second kappa shape index (κ2) is 12.2. The molecule has 0 aliphatic carbocycles. The molecule has 1 aliphatic heterocycles. The Hall–Kier alpha value is -0.613. The van der Waals surface area contributed by atoms with Crippen LogP contribution in [0.2, 0.25) is 18.1 Å². The standard InChI is InChI=1S/C23H37ClO6SSi/c1-7-31-22-21(30-18(25)13-24)19(26)20(27-14-16-11-9-8-10-12-16)17(29-22)15-28-32(5,6)23(2,3)4/h8-12,17,19-22,26H,7,13-15H2,1-6H3. The summed E-state index contributed by atoms with van der Waals surface area (Å²) in [4.78, 5) is 11.9. The van der Waals surface area contributed by atoms with Crippen molar-refractivity contribution in [2.45, 2.75) is 82.3 Å². The third-order valence-corrected chi connectivity index (χ3v) is 11.8. The average Bonchev–Trinajstić information content (AvgIpc) is 2.74. The number of hydrogen-bond donors (Lipinski definition) is 1. The van der Waals surface area contributed by atoms with E-state index in [1.165, 1.54) is 11.8 Å². The summed E-state index contributed by atoms with van der Waals surface area (Å²) in [7, 11) is -2.04. The fourth-order valence-corrected chi connectivity index (χ4v) is 5.15. The summed E-state index contributed by atoms with van der Waals surface area (Å²) < 4.78 is 24.3. The van der Waals surface area contributed by atoms with Gasteiger partial charge in [-0.3, -0.25) is 4.79 Å². The Morgan fingerprint density at radius 2 is 1.88 bits per heavy atom. The lowest BCUT2D eigenvalue weighted by molar-refractivity contribution is -0.231. The Morgan fingerprint density at radius 1 is 1.22 bits per heavy atom. The first-order chi connectivity index (χ1) is 15.0. The van der Waals surface area contributed by atoms with Crippen LogP contribution < -0.4 is 0 Å². The van der Waals surface area contributed by atoms with E-state index in [4.69, 9.17) is 30.2 Å². The Bertz CT molecular complexity index is 714. The molecule has 32 heavy (non-hydrogen) atoms. The molecule has 1 heterocycles. The van der Waals surface area contributed by atoms with Crippen molar-refractivity contribution in [3.05, 3.63) is 35.9 Å². The third kappa shape index (κ3) is 7.45. The molecule has 1 fully saturated rings. The van der Waals surface area contributed by atoms with Crippen molar-refractivity contribution in [3.8, 4) is 0 Å². The van der Waals surface area contributed by atoms with Crippen LogP contribution >= 0.6 is 23.4 Å². The van der Waals surface area contributed by atoms with Gasteiger partial charge in [0.1, 0.15) is 29.6 Å². The molecule has 0 spiro atoms. The number of alkyl halides is 1. The first kappa shape index (κ1) is 27.6. The van der Waals surface area contributed by atoms with Crippen LogP contribution in [-0.4, -0.2) is 67.5 Å². The van der Waals surface area contributed by atoms with Gasteiger partial charge in [0.15, 0.2) is 14.4 Å². The number of hydrogen-bond acceptors (Lipinski definition) is 7. The normalized spacial score (nSPS) is 26.7. The Morgan fingerprint density at radius 3 is 2.44 bits per heavy atom. The van der Waals surface area contributed by atoms with E-state index < -0.39 is 44.1 Å². The van der Waals surface area contributed by atoms with Gasteiger partial charge in [-0.2, -0.15) is 0 Å². The fourth-order valence-electron chi connectivity index (χ4n) is 3.12. The predicted molar refractivity (Wildman–Crippen MR) is 132 cm³/mol. The van der Waals surface area contributed by atoms with Crippen LogP contribution in [0.1, 0.15) is 33.3 Å². The highest BCUT2D eigenvalue weighted by Gasteiger charge is 2.49. The number of esters is 1. The zero-order chi connectivity index (χ0) is 23.9. The Kier molecular flexibility index (Phi) is 10.5. The van der Waals surface area contributed by atoms with Crippen LogP contribution in [0.15, 0.2) is 30.3 Å². The van der Waals surface area contributed by atoms with Gasteiger partial charge in [-0.05, 0) is 29.4 Å². The lowest BCUT2D eigenvalue weighted by Gasteiger charge is -2.45. The lowest BCUT2D eigenvalue weighted by Crippen LogP contribution is -2.60. The Balaban J connectivity index is 2.24. The molecule has 5 atom stereocenters. The molecule has 0 radical (unpaired) electrons. The quantitative estimate of drug-likeness (QED) is 0.284. The van der Waals surface area contributed by atoms with Crippen LogP contribution in [-0.2, 0) is 30.0 Å². The summed E-state index contributed by atoms with van der Waals surface area (Å²) >= 11 is 7.12. The number of carbonyl (C=O) groups is 1. The SMILES string of the molecule is CCSC1OC(CO[Si](C)(C)C(C)(C)C)C(OCc2ccccc2)C(O)C1OC(=O)CCl. The molecule has 1 aliphatic rings. The molecule has 1 saturated heterocycles. The van der Waals surface area contributed by atoms with Crippen LogP contribution in [0.5, 0.6) is 0 Å². The number of rotatable bonds is 10. The highest BCUT2D eigenvalue weighted by molar-refractivity contribution is 7.99. The smallest absolute Gasteiger partial charge is 0.321 e. The summed E-state index contributed by atoms with van der Waals surface area (Å²) in [5.74, 6) is -0.156. The zero-order valence-electron chi connectivity index (χ0n) is 19.9. The lowest BCUT2D eigenvalue weighted by atomic mass is 9.99. The van der Waals surface area contributed by atoms with Crippen molar-refractivity contribution in [1.29, 1.82) is 0 Å². The van der Waals surface area contributed by atoms with E-state index in [9.17, 15) is 9.90 Å². The second-order valence-corrected chi connectivity index (χ2v) is 15.9. The summed E-state index contributed by atoms with van der Waals surface area (Å²) in [6.45, 7) is 13.5. The molecule has 1 aromatic rings. The van der Waals surface area contributed by atoms with Crippen molar-refractivity contribution in [3.63, 3.8) is 0 Å². The van der Waals surface area contributed by atoms with E-state index in [1.807, 2.05) is 37.3 Å². The minimum atomic E-state index is -2.04. The van der Waals surface area contributed by atoms with Gasteiger partial charge < -0.3 is 23.7 Å². The third-order valence-electron chi connectivity index (χ3n) is 6.02. The molecule has 0 saturated carbocycles. The number of halogens is 1. The van der Waals surface area contributed by atoms with Gasteiger partial charge in [-0.15, -0.1) is 23.4 Å². The van der Waals surface area contributed by atoms with E-state index >= 15 is 0 Å². The minimum absolute atomic E-state index is 0.0384. The van der Waals surface area contributed by atoms with Crippen molar-refractivity contribution < 1.29 is 28.5 Å². The first-order valence-corrected chi connectivity index (χ1v) is 15.5. The van der Waals surface area contributed by atoms with Crippen molar-refractivity contribution in [1.82, 2.24) is 0 Å². The molecule has 0 bridgehead atoms. The highest BCUT2D eigenvalue weighted by Crippen LogP contribution is 2.38. The summed E-state index contributed by atoms with van der Waals surface area (Å²) in [6.07, 6.45) is -3.17. The van der Waals surface area contributed by atoms with Crippen molar-refractivity contribution in [2.24, 2.45) is 0 Å². The minimum Gasteiger partial charge on any atom is -0.455 e. The van der Waals surface area contributed by atoms with E-state index in [-0.39, 0.29) is 10.9 Å². The molecule has 1 aromatic carbocycles. The Labute approximate surface area is 202 Å². The van der Waals surface area contributed by atoms with E-state index in [2.05, 4.69) is 33.9 Å². The maximum Gasteiger partial charge on any atom is 0.321 e.